The van der Waals surface area contributed by atoms with Gasteiger partial charge in [0.15, 0.2) is 9.84 Å². The van der Waals surface area contributed by atoms with Crippen molar-refractivity contribution in [1.82, 2.24) is 0 Å². The average molecular weight is 295 g/mol. The minimum absolute atomic E-state index is 0.0332. The first kappa shape index (κ1) is 15.0. The lowest BCUT2D eigenvalue weighted by atomic mass is 10.0. The van der Waals surface area contributed by atoms with Crippen LogP contribution in [-0.2, 0) is 21.1 Å². The summed E-state index contributed by atoms with van der Waals surface area (Å²) in [6.07, 6.45) is 1.75. The molecule has 1 aromatic carbocycles. The van der Waals surface area contributed by atoms with Gasteiger partial charge in [0.1, 0.15) is 0 Å². The Balaban J connectivity index is 2.02. The van der Waals surface area contributed by atoms with E-state index >= 15 is 0 Å². The molecule has 1 aromatic rings. The summed E-state index contributed by atoms with van der Waals surface area (Å²) in [5.74, 6) is 0.245. The molecule has 1 saturated heterocycles. The van der Waals surface area contributed by atoms with E-state index in [-0.39, 0.29) is 29.8 Å². The zero-order valence-electron chi connectivity index (χ0n) is 12.0. The number of carbonyl (C=O) groups is 1. The molecule has 1 amide bonds. The number of anilines is 1. The number of hydrogen-bond donors (Lipinski definition) is 1. The van der Waals surface area contributed by atoms with Crippen molar-refractivity contribution in [3.05, 3.63) is 29.3 Å². The van der Waals surface area contributed by atoms with E-state index in [1.165, 1.54) is 0 Å². The molecule has 0 aliphatic carbocycles. The monoisotopic (exact) mass is 295 g/mol. The van der Waals surface area contributed by atoms with E-state index in [9.17, 15) is 13.2 Å². The molecule has 5 heteroatoms. The number of aryl methyl sites for hydroxylation is 2. The molecule has 20 heavy (non-hydrogen) atoms. The summed E-state index contributed by atoms with van der Waals surface area (Å²) < 4.78 is 22.8. The van der Waals surface area contributed by atoms with Gasteiger partial charge in [0.2, 0.25) is 5.91 Å². The fourth-order valence-electron chi connectivity index (χ4n) is 2.69. The van der Waals surface area contributed by atoms with Crippen LogP contribution >= 0.6 is 0 Å². The second-order valence-electron chi connectivity index (χ2n) is 5.48. The van der Waals surface area contributed by atoms with Crippen LogP contribution in [0.15, 0.2) is 18.2 Å². The van der Waals surface area contributed by atoms with Crippen LogP contribution in [0.5, 0.6) is 0 Å². The van der Waals surface area contributed by atoms with Crippen LogP contribution in [0.4, 0.5) is 5.69 Å². The number of amides is 1. The van der Waals surface area contributed by atoms with Crippen molar-refractivity contribution in [3.63, 3.8) is 0 Å². The van der Waals surface area contributed by atoms with Crippen LogP contribution in [0.2, 0.25) is 0 Å². The van der Waals surface area contributed by atoms with E-state index in [0.29, 0.717) is 6.42 Å². The zero-order chi connectivity index (χ0) is 14.8. The molecule has 1 heterocycles. The molecule has 1 aliphatic rings. The summed E-state index contributed by atoms with van der Waals surface area (Å²) in [4.78, 5) is 12.1. The van der Waals surface area contributed by atoms with Crippen molar-refractivity contribution in [2.75, 3.05) is 16.8 Å². The largest absolute Gasteiger partial charge is 0.326 e. The van der Waals surface area contributed by atoms with Crippen LogP contribution in [0, 0.1) is 12.8 Å². The van der Waals surface area contributed by atoms with E-state index in [1.54, 1.807) is 0 Å². The van der Waals surface area contributed by atoms with Crippen molar-refractivity contribution in [2.45, 2.75) is 33.1 Å². The van der Waals surface area contributed by atoms with Gasteiger partial charge in [0, 0.05) is 12.1 Å². The Kier molecular flexibility index (Phi) is 4.48. The third kappa shape index (κ3) is 3.60. The third-order valence-corrected chi connectivity index (χ3v) is 5.64. The van der Waals surface area contributed by atoms with Crippen molar-refractivity contribution in [1.29, 1.82) is 0 Å². The first-order valence-electron chi connectivity index (χ1n) is 7.00. The van der Waals surface area contributed by atoms with Gasteiger partial charge in [0.25, 0.3) is 0 Å². The molecule has 0 saturated carbocycles. The van der Waals surface area contributed by atoms with Crippen molar-refractivity contribution >= 4 is 21.4 Å². The van der Waals surface area contributed by atoms with Gasteiger partial charge in [-0.1, -0.05) is 25.1 Å². The number of hydrogen-bond acceptors (Lipinski definition) is 3. The molecule has 0 aromatic heterocycles. The topological polar surface area (TPSA) is 63.2 Å². The normalized spacial score (nSPS) is 20.8. The Bertz CT molecular complexity index is 608. The molecule has 0 radical (unpaired) electrons. The van der Waals surface area contributed by atoms with Gasteiger partial charge < -0.3 is 5.32 Å². The molecular weight excluding hydrogens is 274 g/mol. The number of sulfone groups is 1. The van der Waals surface area contributed by atoms with Gasteiger partial charge in [-0.05, 0) is 36.8 Å². The molecule has 0 bridgehead atoms. The first-order valence-corrected chi connectivity index (χ1v) is 8.82. The molecule has 4 nitrogen and oxygen atoms in total. The summed E-state index contributed by atoms with van der Waals surface area (Å²) in [6, 6.07) is 5.95. The molecule has 0 unspecified atom stereocenters. The highest BCUT2D eigenvalue weighted by Gasteiger charge is 2.29. The first-order chi connectivity index (χ1) is 9.41. The second kappa shape index (κ2) is 5.95. The predicted octanol–water partition coefficient (Wildman–Crippen LogP) is 2.32. The molecule has 1 N–H and O–H groups in total. The van der Waals surface area contributed by atoms with Gasteiger partial charge in [-0.3, -0.25) is 4.79 Å². The Morgan fingerprint density at radius 2 is 2.15 bits per heavy atom. The second-order valence-corrected chi connectivity index (χ2v) is 7.71. The van der Waals surface area contributed by atoms with E-state index in [0.717, 1.165) is 23.2 Å². The minimum atomic E-state index is -2.91. The van der Waals surface area contributed by atoms with Crippen LogP contribution in [-0.4, -0.2) is 25.8 Å². The standard InChI is InChI=1S/C15H21NO3S/c1-3-13-6-4-5-11(2)15(13)16-14(17)9-12-7-8-20(18,19)10-12/h4-6,12H,3,7-10H2,1-2H3,(H,16,17)/t12-/m1/s1. The maximum absolute atomic E-state index is 12.1. The number of carbonyl (C=O) groups excluding carboxylic acids is 1. The predicted molar refractivity (Wildman–Crippen MR) is 80.6 cm³/mol. The maximum Gasteiger partial charge on any atom is 0.224 e. The highest BCUT2D eigenvalue weighted by Crippen LogP contribution is 2.24. The smallest absolute Gasteiger partial charge is 0.224 e. The highest BCUT2D eigenvalue weighted by molar-refractivity contribution is 7.91. The van der Waals surface area contributed by atoms with E-state index in [4.69, 9.17) is 0 Å². The lowest BCUT2D eigenvalue weighted by Gasteiger charge is -2.14. The van der Waals surface area contributed by atoms with Crippen LogP contribution < -0.4 is 5.32 Å². The molecule has 1 atom stereocenters. The van der Waals surface area contributed by atoms with Crippen molar-refractivity contribution < 1.29 is 13.2 Å². The fraction of sp³-hybridized carbons (Fsp3) is 0.533. The van der Waals surface area contributed by atoms with Crippen molar-refractivity contribution in [3.8, 4) is 0 Å². The van der Waals surface area contributed by atoms with Crippen molar-refractivity contribution in [2.24, 2.45) is 5.92 Å². The highest BCUT2D eigenvalue weighted by atomic mass is 32.2. The molecular formula is C15H21NO3S. The number of rotatable bonds is 4. The molecule has 110 valence electrons. The van der Waals surface area contributed by atoms with E-state index < -0.39 is 9.84 Å². The number of para-hydroxylation sites is 1. The molecule has 1 aliphatic heterocycles. The van der Waals surface area contributed by atoms with E-state index in [1.807, 2.05) is 32.0 Å². The lowest BCUT2D eigenvalue weighted by molar-refractivity contribution is -0.116. The van der Waals surface area contributed by atoms with Gasteiger partial charge in [-0.2, -0.15) is 0 Å². The Morgan fingerprint density at radius 1 is 1.40 bits per heavy atom. The van der Waals surface area contributed by atoms with Gasteiger partial charge >= 0.3 is 0 Å². The SMILES string of the molecule is CCc1cccc(C)c1NC(=O)C[C@H]1CCS(=O)(=O)C1. The zero-order valence-corrected chi connectivity index (χ0v) is 12.8. The third-order valence-electron chi connectivity index (χ3n) is 3.81. The average Bonchev–Trinajstić information content (AvgIpc) is 2.71. The molecule has 2 rings (SSSR count). The maximum atomic E-state index is 12.1. The molecule has 1 fully saturated rings. The van der Waals surface area contributed by atoms with Crippen LogP contribution in [0.1, 0.15) is 30.9 Å². The van der Waals surface area contributed by atoms with Gasteiger partial charge in [0.05, 0.1) is 11.5 Å². The van der Waals surface area contributed by atoms with E-state index in [2.05, 4.69) is 5.32 Å². The summed E-state index contributed by atoms with van der Waals surface area (Å²) in [5, 5.41) is 2.95. The Labute approximate surface area is 120 Å². The van der Waals surface area contributed by atoms with Crippen LogP contribution in [0.3, 0.4) is 0 Å². The minimum Gasteiger partial charge on any atom is -0.326 e. The van der Waals surface area contributed by atoms with Gasteiger partial charge in [-0.15, -0.1) is 0 Å². The summed E-state index contributed by atoms with van der Waals surface area (Å²) >= 11 is 0. The summed E-state index contributed by atoms with van der Waals surface area (Å²) in [5.41, 5.74) is 3.02. The summed E-state index contributed by atoms with van der Waals surface area (Å²) in [6.45, 7) is 4.02. The molecule has 0 spiro atoms. The number of benzene rings is 1. The lowest BCUT2D eigenvalue weighted by Crippen LogP contribution is -2.18. The number of nitrogens with one attached hydrogen (secondary N) is 1. The van der Waals surface area contributed by atoms with Crippen LogP contribution in [0.25, 0.3) is 0 Å². The van der Waals surface area contributed by atoms with Gasteiger partial charge in [-0.25, -0.2) is 8.42 Å². The quantitative estimate of drug-likeness (QED) is 0.927. The Morgan fingerprint density at radius 3 is 2.75 bits per heavy atom. The summed E-state index contributed by atoms with van der Waals surface area (Å²) in [7, 11) is -2.91. The Hall–Kier alpha value is -1.36. The fourth-order valence-corrected chi connectivity index (χ4v) is 4.55.